The highest BCUT2D eigenvalue weighted by Gasteiger charge is 2.12. The summed E-state index contributed by atoms with van der Waals surface area (Å²) in [6.45, 7) is 4.02. The molecule has 0 aliphatic rings. The molecule has 26 heavy (non-hydrogen) atoms. The maximum Gasteiger partial charge on any atom is 0.270 e. The average molecular weight is 367 g/mol. The summed E-state index contributed by atoms with van der Waals surface area (Å²) >= 11 is 1.36. The lowest BCUT2D eigenvalue weighted by Gasteiger charge is -2.06. The summed E-state index contributed by atoms with van der Waals surface area (Å²) in [7, 11) is 0. The predicted octanol–water partition coefficient (Wildman–Crippen LogP) is 4.52. The van der Waals surface area contributed by atoms with Gasteiger partial charge >= 0.3 is 0 Å². The minimum absolute atomic E-state index is 0.0181. The van der Waals surface area contributed by atoms with E-state index in [-0.39, 0.29) is 18.0 Å². The number of nitro benzene ring substituents is 1. The molecule has 0 aliphatic heterocycles. The molecule has 7 heteroatoms. The van der Waals surface area contributed by atoms with Gasteiger partial charge in [-0.2, -0.15) is 0 Å². The third-order valence-corrected chi connectivity index (χ3v) is 4.86. The van der Waals surface area contributed by atoms with Crippen molar-refractivity contribution in [1.29, 1.82) is 0 Å². The third kappa shape index (κ3) is 4.12. The van der Waals surface area contributed by atoms with E-state index in [9.17, 15) is 14.9 Å². The van der Waals surface area contributed by atoms with Gasteiger partial charge in [-0.15, -0.1) is 11.3 Å². The first-order valence-electron chi connectivity index (χ1n) is 7.99. The fraction of sp³-hybridized carbons (Fsp3) is 0.158. The van der Waals surface area contributed by atoms with Crippen LogP contribution in [0.2, 0.25) is 0 Å². The van der Waals surface area contributed by atoms with Gasteiger partial charge in [-0.25, -0.2) is 4.98 Å². The fourth-order valence-electron chi connectivity index (χ4n) is 2.47. The second-order valence-corrected chi connectivity index (χ2v) is 6.90. The zero-order valence-corrected chi connectivity index (χ0v) is 15.2. The van der Waals surface area contributed by atoms with Crippen LogP contribution in [0, 0.1) is 24.0 Å². The van der Waals surface area contributed by atoms with Crippen LogP contribution in [0.15, 0.2) is 47.8 Å². The first kappa shape index (κ1) is 17.8. The van der Waals surface area contributed by atoms with E-state index in [0.29, 0.717) is 16.3 Å². The molecule has 2 aromatic carbocycles. The Balaban J connectivity index is 1.70. The number of amides is 1. The molecule has 1 N–H and O–H groups in total. The van der Waals surface area contributed by atoms with Gasteiger partial charge in [-0.3, -0.25) is 14.9 Å². The Morgan fingerprint density at radius 3 is 2.73 bits per heavy atom. The van der Waals surface area contributed by atoms with E-state index < -0.39 is 4.92 Å². The van der Waals surface area contributed by atoms with Crippen LogP contribution < -0.4 is 5.32 Å². The van der Waals surface area contributed by atoms with Crippen LogP contribution in [0.4, 0.5) is 11.4 Å². The molecule has 0 aliphatic carbocycles. The van der Waals surface area contributed by atoms with Gasteiger partial charge in [0.15, 0.2) is 0 Å². The van der Waals surface area contributed by atoms with Crippen molar-refractivity contribution in [3.05, 3.63) is 74.1 Å². The van der Waals surface area contributed by atoms with Crippen molar-refractivity contribution in [3.63, 3.8) is 0 Å². The highest BCUT2D eigenvalue weighted by molar-refractivity contribution is 7.10. The normalized spacial score (nSPS) is 10.5. The number of thiazole rings is 1. The SMILES string of the molecule is Cc1ccc(NC(=O)Cc2nc(-c3cccc([N+](=O)[O-])c3)cs2)cc1C. The van der Waals surface area contributed by atoms with Crippen molar-refractivity contribution < 1.29 is 9.72 Å². The topological polar surface area (TPSA) is 85.1 Å². The van der Waals surface area contributed by atoms with Crippen LogP contribution in [0.5, 0.6) is 0 Å². The molecular formula is C19H17N3O3S. The molecule has 0 unspecified atom stereocenters. The predicted molar refractivity (Wildman–Crippen MR) is 102 cm³/mol. The van der Waals surface area contributed by atoms with Crippen molar-refractivity contribution in [2.24, 2.45) is 0 Å². The van der Waals surface area contributed by atoms with E-state index in [0.717, 1.165) is 11.3 Å². The molecule has 1 heterocycles. The summed E-state index contributed by atoms with van der Waals surface area (Å²) in [4.78, 5) is 27.1. The Kier molecular flexibility index (Phi) is 5.09. The number of carbonyl (C=O) groups is 1. The molecule has 0 saturated carbocycles. The van der Waals surface area contributed by atoms with Gasteiger partial charge in [0.2, 0.25) is 5.91 Å². The van der Waals surface area contributed by atoms with Gasteiger partial charge in [0.05, 0.1) is 17.0 Å². The van der Waals surface area contributed by atoms with Crippen molar-refractivity contribution in [1.82, 2.24) is 4.98 Å². The van der Waals surface area contributed by atoms with E-state index in [1.165, 1.54) is 29.0 Å². The Hall–Kier alpha value is -3.06. The van der Waals surface area contributed by atoms with Crippen LogP contribution >= 0.6 is 11.3 Å². The van der Waals surface area contributed by atoms with Gasteiger partial charge in [-0.05, 0) is 37.1 Å². The van der Waals surface area contributed by atoms with Crippen LogP contribution in [0.3, 0.4) is 0 Å². The van der Waals surface area contributed by atoms with Gasteiger partial charge in [0.25, 0.3) is 5.69 Å². The van der Waals surface area contributed by atoms with Crippen LogP contribution in [-0.2, 0) is 11.2 Å². The summed E-state index contributed by atoms with van der Waals surface area (Å²) in [5, 5.41) is 16.2. The summed E-state index contributed by atoms with van der Waals surface area (Å²) in [5.41, 5.74) is 4.36. The van der Waals surface area contributed by atoms with Gasteiger partial charge in [0.1, 0.15) is 5.01 Å². The molecule has 6 nitrogen and oxygen atoms in total. The van der Waals surface area contributed by atoms with Crippen molar-refractivity contribution in [3.8, 4) is 11.3 Å². The highest BCUT2D eigenvalue weighted by Crippen LogP contribution is 2.25. The number of anilines is 1. The lowest BCUT2D eigenvalue weighted by molar-refractivity contribution is -0.384. The maximum absolute atomic E-state index is 12.2. The van der Waals surface area contributed by atoms with Gasteiger partial charge in [0, 0.05) is 28.8 Å². The zero-order chi connectivity index (χ0) is 18.7. The Morgan fingerprint density at radius 2 is 2.00 bits per heavy atom. The molecule has 0 bridgehead atoms. The van der Waals surface area contributed by atoms with E-state index in [4.69, 9.17) is 0 Å². The Morgan fingerprint density at radius 1 is 1.19 bits per heavy atom. The highest BCUT2D eigenvalue weighted by atomic mass is 32.1. The summed E-state index contributed by atoms with van der Waals surface area (Å²) in [6, 6.07) is 12.1. The Labute approximate surface area is 154 Å². The van der Waals surface area contributed by atoms with Gasteiger partial charge in [-0.1, -0.05) is 18.2 Å². The standard InChI is InChI=1S/C19H17N3O3S/c1-12-6-7-15(8-13(12)2)20-18(23)10-19-21-17(11-26-19)14-4-3-5-16(9-14)22(24)25/h3-9,11H,10H2,1-2H3,(H,20,23). The molecule has 0 atom stereocenters. The summed E-state index contributed by atoms with van der Waals surface area (Å²) < 4.78 is 0. The first-order valence-corrected chi connectivity index (χ1v) is 8.86. The number of aryl methyl sites for hydroxylation is 2. The van der Waals surface area contributed by atoms with Crippen molar-refractivity contribution in [2.45, 2.75) is 20.3 Å². The number of hydrogen-bond donors (Lipinski definition) is 1. The third-order valence-electron chi connectivity index (χ3n) is 4.01. The molecule has 3 rings (SSSR count). The molecule has 1 aromatic heterocycles. The molecule has 0 fully saturated rings. The van der Waals surface area contributed by atoms with E-state index in [2.05, 4.69) is 10.3 Å². The molecule has 1 amide bonds. The second kappa shape index (κ2) is 7.45. The monoisotopic (exact) mass is 367 g/mol. The number of non-ortho nitro benzene ring substituents is 1. The number of carbonyl (C=O) groups excluding carboxylic acids is 1. The molecular weight excluding hydrogens is 350 g/mol. The summed E-state index contributed by atoms with van der Waals surface area (Å²) in [5.74, 6) is -0.145. The largest absolute Gasteiger partial charge is 0.326 e. The molecule has 0 saturated heterocycles. The summed E-state index contributed by atoms with van der Waals surface area (Å²) in [6.07, 6.45) is 0.159. The average Bonchev–Trinajstić information content (AvgIpc) is 3.06. The fourth-order valence-corrected chi connectivity index (χ4v) is 3.27. The minimum Gasteiger partial charge on any atom is -0.326 e. The number of hydrogen-bond acceptors (Lipinski definition) is 5. The quantitative estimate of drug-likeness (QED) is 0.531. The number of aromatic nitrogens is 1. The lowest BCUT2D eigenvalue weighted by atomic mass is 10.1. The second-order valence-electron chi connectivity index (χ2n) is 5.96. The Bertz CT molecular complexity index is 982. The molecule has 132 valence electrons. The number of rotatable bonds is 5. The minimum atomic E-state index is -0.437. The van der Waals surface area contributed by atoms with Crippen molar-refractivity contribution in [2.75, 3.05) is 5.32 Å². The van der Waals surface area contributed by atoms with Crippen LogP contribution in [0.25, 0.3) is 11.3 Å². The number of nitrogens with one attached hydrogen (secondary N) is 1. The van der Waals surface area contributed by atoms with Gasteiger partial charge < -0.3 is 5.32 Å². The number of nitro groups is 1. The molecule has 0 radical (unpaired) electrons. The lowest BCUT2D eigenvalue weighted by Crippen LogP contribution is -2.14. The first-order chi connectivity index (χ1) is 12.4. The van der Waals surface area contributed by atoms with E-state index in [1.54, 1.807) is 17.5 Å². The maximum atomic E-state index is 12.2. The van der Waals surface area contributed by atoms with Crippen LogP contribution in [-0.4, -0.2) is 15.8 Å². The molecule has 0 spiro atoms. The van der Waals surface area contributed by atoms with Crippen LogP contribution in [0.1, 0.15) is 16.1 Å². The van der Waals surface area contributed by atoms with E-state index >= 15 is 0 Å². The molecule has 3 aromatic rings. The zero-order valence-electron chi connectivity index (χ0n) is 14.4. The van der Waals surface area contributed by atoms with Crippen molar-refractivity contribution >= 4 is 28.6 Å². The smallest absolute Gasteiger partial charge is 0.270 e. The number of nitrogens with zero attached hydrogens (tertiary/aromatic N) is 2. The number of benzene rings is 2. The van der Waals surface area contributed by atoms with E-state index in [1.807, 2.05) is 32.0 Å².